The van der Waals surface area contributed by atoms with E-state index >= 15 is 0 Å². The van der Waals surface area contributed by atoms with Crippen LogP contribution in [-0.2, 0) is 0 Å². The quantitative estimate of drug-likeness (QED) is 0.590. The maximum absolute atomic E-state index is 9.99. The van der Waals surface area contributed by atoms with Crippen LogP contribution in [0.25, 0.3) is 0 Å². The van der Waals surface area contributed by atoms with E-state index in [-0.39, 0.29) is 0 Å². The summed E-state index contributed by atoms with van der Waals surface area (Å²) in [4.78, 5) is 8.19. The minimum Gasteiger partial charge on any atom is -0.388 e. The highest BCUT2D eigenvalue weighted by Gasteiger charge is 2.18. The van der Waals surface area contributed by atoms with E-state index in [0.29, 0.717) is 6.54 Å². The third-order valence-electron chi connectivity index (χ3n) is 2.29. The Hall–Kier alpha value is -0.810. The van der Waals surface area contributed by atoms with E-state index in [1.165, 1.54) is 6.33 Å². The highest BCUT2D eigenvalue weighted by atomic mass is 32.2. The van der Waals surface area contributed by atoms with Gasteiger partial charge in [-0.05, 0) is 19.6 Å². The van der Waals surface area contributed by atoms with Gasteiger partial charge in [0.25, 0.3) is 0 Å². The number of anilines is 1. The molecule has 1 heterocycles. The second-order valence-electron chi connectivity index (χ2n) is 4.05. The van der Waals surface area contributed by atoms with Crippen molar-refractivity contribution < 1.29 is 5.11 Å². The smallest absolute Gasteiger partial charge is 0.130 e. The lowest BCUT2D eigenvalue weighted by Gasteiger charge is -2.23. The molecule has 0 spiro atoms. The summed E-state index contributed by atoms with van der Waals surface area (Å²) in [6.45, 7) is 4.40. The Morgan fingerprint density at radius 1 is 1.50 bits per heavy atom. The summed E-state index contributed by atoms with van der Waals surface area (Å²) in [6.07, 6.45) is 5.25. The lowest BCUT2D eigenvalue weighted by atomic mass is 10.0. The van der Waals surface area contributed by atoms with E-state index in [2.05, 4.69) is 22.2 Å². The molecule has 4 nitrogen and oxygen atoms in total. The maximum atomic E-state index is 9.99. The molecule has 1 rings (SSSR count). The van der Waals surface area contributed by atoms with Gasteiger partial charge in [0.2, 0.25) is 0 Å². The molecule has 5 heteroatoms. The Labute approximate surface area is 101 Å². The van der Waals surface area contributed by atoms with Gasteiger partial charge in [-0.3, -0.25) is 0 Å². The van der Waals surface area contributed by atoms with Crippen molar-refractivity contribution in [1.82, 2.24) is 9.97 Å². The van der Waals surface area contributed by atoms with Crippen LogP contribution in [0.3, 0.4) is 0 Å². The molecule has 0 saturated heterocycles. The van der Waals surface area contributed by atoms with Crippen LogP contribution in [0, 0.1) is 0 Å². The van der Waals surface area contributed by atoms with Gasteiger partial charge in [0.15, 0.2) is 0 Å². The fraction of sp³-hybridized carbons (Fsp3) is 0.636. The molecule has 0 bridgehead atoms. The van der Waals surface area contributed by atoms with Crippen molar-refractivity contribution in [3.05, 3.63) is 12.4 Å². The number of aliphatic hydroxyl groups is 1. The first-order valence-electron chi connectivity index (χ1n) is 5.39. The molecule has 2 N–H and O–H groups in total. The second kappa shape index (κ2) is 6.06. The van der Waals surface area contributed by atoms with Crippen LogP contribution >= 0.6 is 11.8 Å². The van der Waals surface area contributed by atoms with Crippen molar-refractivity contribution in [2.75, 3.05) is 18.1 Å². The monoisotopic (exact) mass is 241 g/mol. The topological polar surface area (TPSA) is 58.0 Å². The zero-order valence-corrected chi connectivity index (χ0v) is 10.8. The molecule has 0 aliphatic rings. The average Bonchev–Trinajstić information content (AvgIpc) is 2.27. The minimum atomic E-state index is -0.681. The van der Waals surface area contributed by atoms with E-state index in [0.717, 1.165) is 23.7 Å². The van der Waals surface area contributed by atoms with Crippen molar-refractivity contribution in [2.45, 2.75) is 37.3 Å². The molecule has 0 saturated carbocycles. The summed E-state index contributed by atoms with van der Waals surface area (Å²) < 4.78 is 0. The number of hydrogen-bond donors (Lipinski definition) is 2. The van der Waals surface area contributed by atoms with Crippen LogP contribution < -0.4 is 5.32 Å². The molecule has 0 radical (unpaired) electrons. The third kappa shape index (κ3) is 4.37. The number of rotatable bonds is 6. The molecule has 0 aromatic carbocycles. The van der Waals surface area contributed by atoms with E-state index in [9.17, 15) is 5.11 Å². The molecule has 0 aliphatic carbocycles. The molecule has 1 aromatic rings. The van der Waals surface area contributed by atoms with E-state index in [4.69, 9.17) is 0 Å². The first kappa shape index (κ1) is 13.3. The number of hydrogen-bond acceptors (Lipinski definition) is 5. The van der Waals surface area contributed by atoms with Crippen LogP contribution in [0.5, 0.6) is 0 Å². The maximum Gasteiger partial charge on any atom is 0.130 e. The normalized spacial score (nSPS) is 14.5. The van der Waals surface area contributed by atoms with Crippen molar-refractivity contribution in [3.8, 4) is 0 Å². The fourth-order valence-electron chi connectivity index (χ4n) is 1.46. The standard InChI is InChI=1S/C11H19N3OS/c1-4-5-11(2,15)7-12-9-6-10(16-3)14-8-13-9/h6,8,15H,4-5,7H2,1-3H3,(H,12,13,14). The van der Waals surface area contributed by atoms with Gasteiger partial charge in [0, 0.05) is 12.6 Å². The number of aromatic nitrogens is 2. The largest absolute Gasteiger partial charge is 0.388 e. The lowest BCUT2D eigenvalue weighted by Crippen LogP contribution is -2.33. The summed E-state index contributed by atoms with van der Waals surface area (Å²) >= 11 is 1.57. The summed E-state index contributed by atoms with van der Waals surface area (Å²) in [6, 6.07) is 1.88. The van der Waals surface area contributed by atoms with Crippen LogP contribution in [-0.4, -0.2) is 33.5 Å². The summed E-state index contributed by atoms with van der Waals surface area (Å²) in [5.74, 6) is 0.760. The zero-order valence-electron chi connectivity index (χ0n) is 10.0. The predicted octanol–water partition coefficient (Wildman–Crippen LogP) is 2.16. The highest BCUT2D eigenvalue weighted by molar-refractivity contribution is 7.98. The highest BCUT2D eigenvalue weighted by Crippen LogP contribution is 2.16. The molecular formula is C11H19N3OS. The molecule has 1 atom stereocenters. The van der Waals surface area contributed by atoms with Gasteiger partial charge in [-0.2, -0.15) is 0 Å². The molecule has 16 heavy (non-hydrogen) atoms. The van der Waals surface area contributed by atoms with Crippen LogP contribution in [0.2, 0.25) is 0 Å². The Morgan fingerprint density at radius 3 is 2.88 bits per heavy atom. The summed E-state index contributed by atoms with van der Waals surface area (Å²) in [7, 11) is 0. The molecule has 1 unspecified atom stereocenters. The Kier molecular flexibility index (Phi) is 5.02. The Bertz CT molecular complexity index is 331. The Morgan fingerprint density at radius 2 is 2.25 bits per heavy atom. The molecule has 0 aliphatic heterocycles. The number of thioether (sulfide) groups is 1. The van der Waals surface area contributed by atoms with Gasteiger partial charge in [-0.25, -0.2) is 9.97 Å². The second-order valence-corrected chi connectivity index (χ2v) is 4.87. The van der Waals surface area contributed by atoms with Gasteiger partial charge < -0.3 is 10.4 Å². The molecule has 1 aromatic heterocycles. The zero-order chi connectivity index (χ0) is 12.0. The van der Waals surface area contributed by atoms with Gasteiger partial charge >= 0.3 is 0 Å². The van der Waals surface area contributed by atoms with E-state index in [1.54, 1.807) is 11.8 Å². The lowest BCUT2D eigenvalue weighted by molar-refractivity contribution is 0.0636. The van der Waals surface area contributed by atoms with Crippen molar-refractivity contribution in [3.63, 3.8) is 0 Å². The predicted molar refractivity (Wildman–Crippen MR) is 67.8 cm³/mol. The van der Waals surface area contributed by atoms with Crippen molar-refractivity contribution in [1.29, 1.82) is 0 Å². The van der Waals surface area contributed by atoms with Crippen molar-refractivity contribution in [2.24, 2.45) is 0 Å². The molecular weight excluding hydrogens is 222 g/mol. The number of nitrogens with one attached hydrogen (secondary N) is 1. The number of nitrogens with zero attached hydrogens (tertiary/aromatic N) is 2. The first-order valence-corrected chi connectivity index (χ1v) is 6.62. The summed E-state index contributed by atoms with van der Waals surface area (Å²) in [5, 5.41) is 14.0. The average molecular weight is 241 g/mol. The van der Waals surface area contributed by atoms with E-state index in [1.807, 2.05) is 19.2 Å². The fourth-order valence-corrected chi connectivity index (χ4v) is 1.84. The van der Waals surface area contributed by atoms with E-state index < -0.39 is 5.60 Å². The Balaban J connectivity index is 2.53. The van der Waals surface area contributed by atoms with Crippen molar-refractivity contribution >= 4 is 17.6 Å². The molecule has 90 valence electrons. The van der Waals surface area contributed by atoms with Gasteiger partial charge in [-0.1, -0.05) is 13.3 Å². The van der Waals surface area contributed by atoms with Crippen LogP contribution in [0.15, 0.2) is 17.4 Å². The van der Waals surface area contributed by atoms with Crippen LogP contribution in [0.4, 0.5) is 5.82 Å². The molecule has 0 fully saturated rings. The third-order valence-corrected chi connectivity index (χ3v) is 2.93. The molecule has 0 amide bonds. The van der Waals surface area contributed by atoms with Crippen LogP contribution in [0.1, 0.15) is 26.7 Å². The van der Waals surface area contributed by atoms with Gasteiger partial charge in [-0.15, -0.1) is 11.8 Å². The van der Waals surface area contributed by atoms with Gasteiger partial charge in [0.05, 0.1) is 5.60 Å². The van der Waals surface area contributed by atoms with Gasteiger partial charge in [0.1, 0.15) is 17.2 Å². The summed E-state index contributed by atoms with van der Waals surface area (Å²) in [5.41, 5.74) is -0.681. The SMILES string of the molecule is CCCC(C)(O)CNc1cc(SC)ncn1. The minimum absolute atomic E-state index is 0.506. The first-order chi connectivity index (χ1) is 7.57.